The average molecular weight is 356 g/mol. The molecule has 2 aromatic rings. The highest BCUT2D eigenvalue weighted by molar-refractivity contribution is 5.87. The summed E-state index contributed by atoms with van der Waals surface area (Å²) in [5, 5.41) is 8.96. The minimum atomic E-state index is -1.23. The molecule has 0 spiro atoms. The third-order valence-electron chi connectivity index (χ3n) is 5.06. The van der Waals surface area contributed by atoms with Crippen LogP contribution in [0.3, 0.4) is 0 Å². The Bertz CT molecular complexity index is 754. The average Bonchev–Trinajstić information content (AvgIpc) is 2.59. The van der Waals surface area contributed by atoms with Crippen molar-refractivity contribution in [2.45, 2.75) is 39.0 Å². The van der Waals surface area contributed by atoms with Crippen LogP contribution in [0, 0.1) is 5.82 Å². The molecule has 0 saturated carbocycles. The lowest BCUT2D eigenvalue weighted by Gasteiger charge is -2.44. The highest BCUT2D eigenvalue weighted by Gasteiger charge is 2.29. The fourth-order valence-corrected chi connectivity index (χ4v) is 3.79. The zero-order chi connectivity index (χ0) is 18.7. The van der Waals surface area contributed by atoms with Gasteiger partial charge < -0.3 is 5.11 Å². The van der Waals surface area contributed by atoms with Gasteiger partial charge in [0.15, 0.2) is 0 Å². The van der Waals surface area contributed by atoms with Crippen molar-refractivity contribution in [2.75, 3.05) is 13.1 Å². The van der Waals surface area contributed by atoms with Crippen LogP contribution in [0.2, 0.25) is 0 Å². The van der Waals surface area contributed by atoms with Gasteiger partial charge in [-0.3, -0.25) is 9.80 Å². The van der Waals surface area contributed by atoms with Gasteiger partial charge >= 0.3 is 5.97 Å². The zero-order valence-electron chi connectivity index (χ0n) is 15.2. The number of halogens is 1. The first-order chi connectivity index (χ1) is 12.4. The Kier molecular flexibility index (Phi) is 5.69. The van der Waals surface area contributed by atoms with E-state index < -0.39 is 11.8 Å². The van der Waals surface area contributed by atoms with E-state index in [9.17, 15) is 9.18 Å². The highest BCUT2D eigenvalue weighted by Crippen LogP contribution is 2.21. The van der Waals surface area contributed by atoms with Crippen molar-refractivity contribution in [3.05, 3.63) is 71.0 Å². The Morgan fingerprint density at radius 3 is 2.27 bits per heavy atom. The molecule has 0 unspecified atom stereocenters. The predicted octanol–water partition coefficient (Wildman–Crippen LogP) is 3.62. The molecule has 1 saturated heterocycles. The van der Waals surface area contributed by atoms with Crippen LogP contribution in [0.25, 0.3) is 0 Å². The van der Waals surface area contributed by atoms with E-state index in [1.54, 1.807) is 6.07 Å². The van der Waals surface area contributed by atoms with Crippen LogP contribution >= 0.6 is 0 Å². The lowest BCUT2D eigenvalue weighted by molar-refractivity contribution is 0.0289. The molecule has 3 rings (SSSR count). The van der Waals surface area contributed by atoms with Gasteiger partial charge in [-0.1, -0.05) is 36.4 Å². The second-order valence-electron chi connectivity index (χ2n) is 7.17. The monoisotopic (exact) mass is 356 g/mol. The molecule has 1 heterocycles. The number of carbonyl (C=O) groups is 1. The number of hydrogen-bond donors (Lipinski definition) is 1. The fraction of sp³-hybridized carbons (Fsp3) is 0.381. The fourth-order valence-electron chi connectivity index (χ4n) is 3.79. The molecule has 1 aliphatic rings. The van der Waals surface area contributed by atoms with Gasteiger partial charge in [0.25, 0.3) is 0 Å². The number of rotatable bonds is 5. The summed E-state index contributed by atoms with van der Waals surface area (Å²) in [5.41, 5.74) is 1.84. The number of hydrogen-bond acceptors (Lipinski definition) is 3. The van der Waals surface area contributed by atoms with E-state index in [1.165, 1.54) is 17.7 Å². The van der Waals surface area contributed by atoms with E-state index in [2.05, 4.69) is 47.9 Å². The Labute approximate surface area is 153 Å². The van der Waals surface area contributed by atoms with Gasteiger partial charge in [0, 0.05) is 38.3 Å². The van der Waals surface area contributed by atoms with Crippen LogP contribution in [0.4, 0.5) is 4.39 Å². The minimum Gasteiger partial charge on any atom is -0.478 e. The summed E-state index contributed by atoms with van der Waals surface area (Å²) in [6, 6.07) is 15.5. The van der Waals surface area contributed by atoms with E-state index in [0.717, 1.165) is 25.2 Å². The second kappa shape index (κ2) is 7.98. The van der Waals surface area contributed by atoms with Crippen LogP contribution < -0.4 is 0 Å². The van der Waals surface area contributed by atoms with Gasteiger partial charge in [0.2, 0.25) is 0 Å². The molecule has 0 aromatic heterocycles. The van der Waals surface area contributed by atoms with Crippen LogP contribution in [0.1, 0.15) is 35.3 Å². The molecule has 1 N–H and O–H groups in total. The maximum atomic E-state index is 13.9. The smallest absolute Gasteiger partial charge is 0.338 e. The van der Waals surface area contributed by atoms with Crippen molar-refractivity contribution in [3.63, 3.8) is 0 Å². The van der Waals surface area contributed by atoms with Crippen molar-refractivity contribution in [1.82, 2.24) is 9.80 Å². The Balaban J connectivity index is 1.65. The maximum Gasteiger partial charge on any atom is 0.338 e. The number of nitrogens with zero attached hydrogens (tertiary/aromatic N) is 2. The van der Waals surface area contributed by atoms with Gasteiger partial charge in [-0.05, 0) is 37.1 Å². The summed E-state index contributed by atoms with van der Waals surface area (Å²) < 4.78 is 13.9. The highest BCUT2D eigenvalue weighted by atomic mass is 19.1. The second-order valence-corrected chi connectivity index (χ2v) is 7.17. The molecule has 4 nitrogen and oxygen atoms in total. The number of aromatic carboxylic acids is 1. The quantitative estimate of drug-likeness (QED) is 0.889. The summed E-state index contributed by atoms with van der Waals surface area (Å²) in [4.78, 5) is 15.8. The molecule has 26 heavy (non-hydrogen) atoms. The SMILES string of the molecule is C[C@@H]1CN(Cc2ccccc2)C[C@H](C)N1Cc1ccc(C(=O)O)c(F)c1. The van der Waals surface area contributed by atoms with Crippen LogP contribution in [-0.4, -0.2) is 46.0 Å². The summed E-state index contributed by atoms with van der Waals surface area (Å²) >= 11 is 0. The molecular weight excluding hydrogens is 331 g/mol. The molecule has 0 bridgehead atoms. The van der Waals surface area contributed by atoms with Crippen LogP contribution in [-0.2, 0) is 13.1 Å². The summed E-state index contributed by atoms with van der Waals surface area (Å²) in [6.07, 6.45) is 0. The van der Waals surface area contributed by atoms with E-state index in [1.807, 2.05) is 6.07 Å². The summed E-state index contributed by atoms with van der Waals surface area (Å²) in [5.74, 6) is -1.90. The standard InChI is InChI=1S/C21H25FN2O2/c1-15-11-23(13-17-6-4-3-5-7-17)12-16(2)24(15)14-18-8-9-19(21(25)26)20(22)10-18/h3-10,15-16H,11-14H2,1-2H3,(H,25,26)/t15-,16+. The minimum absolute atomic E-state index is 0.275. The van der Waals surface area contributed by atoms with Gasteiger partial charge in [0.05, 0.1) is 5.56 Å². The molecule has 0 radical (unpaired) electrons. The summed E-state index contributed by atoms with van der Waals surface area (Å²) in [7, 11) is 0. The Morgan fingerprint density at radius 1 is 1.04 bits per heavy atom. The number of piperazine rings is 1. The maximum absolute atomic E-state index is 13.9. The molecule has 0 aliphatic carbocycles. The van der Waals surface area contributed by atoms with Gasteiger partial charge in [0.1, 0.15) is 5.82 Å². The van der Waals surface area contributed by atoms with E-state index in [0.29, 0.717) is 18.6 Å². The topological polar surface area (TPSA) is 43.8 Å². The third-order valence-corrected chi connectivity index (χ3v) is 5.06. The van der Waals surface area contributed by atoms with Crippen LogP contribution in [0.5, 0.6) is 0 Å². The molecule has 1 fully saturated rings. The third kappa shape index (κ3) is 4.29. The molecular formula is C21H25FN2O2. The molecule has 0 amide bonds. The molecule has 2 atom stereocenters. The molecule has 5 heteroatoms. The van der Waals surface area contributed by atoms with Gasteiger partial charge in [-0.2, -0.15) is 0 Å². The van der Waals surface area contributed by atoms with Crippen molar-refractivity contribution < 1.29 is 14.3 Å². The normalized spacial score (nSPS) is 21.7. The Morgan fingerprint density at radius 2 is 1.69 bits per heavy atom. The predicted molar refractivity (Wildman–Crippen MR) is 99.5 cm³/mol. The summed E-state index contributed by atoms with van der Waals surface area (Å²) in [6.45, 7) is 7.85. The lowest BCUT2D eigenvalue weighted by atomic mass is 10.0. The van der Waals surface area contributed by atoms with Gasteiger partial charge in [-0.25, -0.2) is 9.18 Å². The van der Waals surface area contributed by atoms with Crippen molar-refractivity contribution in [3.8, 4) is 0 Å². The number of benzene rings is 2. The van der Waals surface area contributed by atoms with E-state index in [-0.39, 0.29) is 5.56 Å². The first-order valence-electron chi connectivity index (χ1n) is 8.98. The van der Waals surface area contributed by atoms with Crippen molar-refractivity contribution in [1.29, 1.82) is 0 Å². The molecule has 2 aromatic carbocycles. The van der Waals surface area contributed by atoms with E-state index in [4.69, 9.17) is 5.11 Å². The Hall–Kier alpha value is -2.24. The van der Waals surface area contributed by atoms with Crippen molar-refractivity contribution in [2.24, 2.45) is 0 Å². The molecule has 138 valence electrons. The number of carboxylic acid groups (broad SMARTS) is 1. The molecule has 1 aliphatic heterocycles. The van der Waals surface area contributed by atoms with Crippen LogP contribution in [0.15, 0.2) is 48.5 Å². The first-order valence-corrected chi connectivity index (χ1v) is 8.98. The largest absolute Gasteiger partial charge is 0.478 e. The van der Waals surface area contributed by atoms with Gasteiger partial charge in [-0.15, -0.1) is 0 Å². The number of carboxylic acids is 1. The van der Waals surface area contributed by atoms with Crippen molar-refractivity contribution >= 4 is 5.97 Å². The lowest BCUT2D eigenvalue weighted by Crippen LogP contribution is -2.55. The first kappa shape index (κ1) is 18.5. The zero-order valence-corrected chi connectivity index (χ0v) is 15.2. The van der Waals surface area contributed by atoms with E-state index >= 15 is 0 Å².